The largest absolute Gasteiger partial charge is 0.375 e. The Morgan fingerprint density at radius 1 is 1.55 bits per heavy atom. The van der Waals surface area contributed by atoms with Crippen molar-refractivity contribution in [3.05, 3.63) is 52.6 Å². The number of aromatic nitrogens is 2. The molecule has 1 heterocycles. The van der Waals surface area contributed by atoms with Gasteiger partial charge in [-0.3, -0.25) is 20.1 Å². The summed E-state index contributed by atoms with van der Waals surface area (Å²) in [6.07, 6.45) is 4.49. The van der Waals surface area contributed by atoms with Gasteiger partial charge in [-0.05, 0) is 18.3 Å². The summed E-state index contributed by atoms with van der Waals surface area (Å²) in [4.78, 5) is 14.6. The van der Waals surface area contributed by atoms with Crippen LogP contribution >= 0.6 is 12.2 Å². The van der Waals surface area contributed by atoms with Gasteiger partial charge in [0.15, 0.2) is 10.9 Å². The number of thiocarbonyl (C=S) groups is 1. The number of hydrogen-bond acceptors (Lipinski definition) is 5. The van der Waals surface area contributed by atoms with Crippen LogP contribution < -0.4 is 11.2 Å². The molecule has 0 aliphatic heterocycles. The van der Waals surface area contributed by atoms with Gasteiger partial charge in [-0.25, -0.2) is 4.98 Å². The molecule has 0 saturated heterocycles. The van der Waals surface area contributed by atoms with E-state index in [9.17, 15) is 10.1 Å². The van der Waals surface area contributed by atoms with Gasteiger partial charge in [-0.1, -0.05) is 12.1 Å². The van der Waals surface area contributed by atoms with E-state index in [1.54, 1.807) is 29.0 Å². The highest BCUT2D eigenvalue weighted by Crippen LogP contribution is 2.22. The van der Waals surface area contributed by atoms with Gasteiger partial charge < -0.3 is 5.73 Å². The van der Waals surface area contributed by atoms with E-state index in [1.165, 1.54) is 18.5 Å². The molecule has 0 amide bonds. The second-order valence-electron chi connectivity index (χ2n) is 3.64. The molecular weight excluding hydrogens is 280 g/mol. The first kappa shape index (κ1) is 13.6. The summed E-state index contributed by atoms with van der Waals surface area (Å²) in [5.74, 6) is 0.406. The van der Waals surface area contributed by atoms with Crippen molar-refractivity contribution in [1.82, 2.24) is 15.0 Å². The van der Waals surface area contributed by atoms with Crippen LogP contribution in [0.25, 0.3) is 5.69 Å². The first-order valence-corrected chi connectivity index (χ1v) is 5.86. The molecule has 0 atom stereocenters. The molecule has 1 aromatic carbocycles. The predicted octanol–water partition coefficient (Wildman–Crippen LogP) is 0.948. The first-order valence-electron chi connectivity index (χ1n) is 5.45. The molecule has 0 fully saturated rings. The number of nitro benzene ring substituents is 1. The minimum atomic E-state index is -0.455. The average molecular weight is 290 g/mol. The maximum absolute atomic E-state index is 11.0. The SMILES string of the molecule is NC(=S)N/N=C/c1nccn1-c1ccccc1[N+](=O)[O-]. The smallest absolute Gasteiger partial charge is 0.293 e. The Morgan fingerprint density at radius 3 is 3.00 bits per heavy atom. The normalized spacial score (nSPS) is 10.6. The van der Waals surface area contributed by atoms with Gasteiger partial charge in [0.05, 0.1) is 11.1 Å². The van der Waals surface area contributed by atoms with Crippen LogP contribution in [0.5, 0.6) is 0 Å². The fourth-order valence-corrected chi connectivity index (χ4v) is 1.64. The molecule has 102 valence electrons. The Labute approximate surface area is 119 Å². The van der Waals surface area contributed by atoms with Crippen LogP contribution in [0, 0.1) is 10.1 Å². The molecular formula is C11H10N6O2S. The number of hydrogen-bond donors (Lipinski definition) is 2. The zero-order valence-electron chi connectivity index (χ0n) is 10.1. The number of nitrogens with zero attached hydrogens (tertiary/aromatic N) is 4. The lowest BCUT2D eigenvalue weighted by Gasteiger charge is -2.05. The molecule has 20 heavy (non-hydrogen) atoms. The standard InChI is InChI=1S/C11H10N6O2S/c12-11(20)15-14-7-10-13-5-6-16(10)8-3-1-2-4-9(8)17(18)19/h1-7H,(H3,12,15,20)/b14-7+. The summed E-state index contributed by atoms with van der Waals surface area (Å²) in [6.45, 7) is 0. The van der Waals surface area contributed by atoms with Crippen LogP contribution in [-0.4, -0.2) is 25.8 Å². The van der Waals surface area contributed by atoms with E-state index in [0.29, 0.717) is 11.5 Å². The van der Waals surface area contributed by atoms with Gasteiger partial charge in [0.25, 0.3) is 5.69 Å². The van der Waals surface area contributed by atoms with E-state index in [-0.39, 0.29) is 10.8 Å². The highest BCUT2D eigenvalue weighted by atomic mass is 32.1. The zero-order valence-corrected chi connectivity index (χ0v) is 10.9. The van der Waals surface area contributed by atoms with E-state index in [0.717, 1.165) is 0 Å². The Kier molecular flexibility index (Phi) is 4.01. The van der Waals surface area contributed by atoms with Crippen LogP contribution in [-0.2, 0) is 0 Å². The summed E-state index contributed by atoms with van der Waals surface area (Å²) in [5.41, 5.74) is 8.00. The Morgan fingerprint density at radius 2 is 2.30 bits per heavy atom. The molecule has 0 aliphatic rings. The number of nitro groups is 1. The van der Waals surface area contributed by atoms with Crippen molar-refractivity contribution in [2.75, 3.05) is 0 Å². The second kappa shape index (κ2) is 5.89. The minimum Gasteiger partial charge on any atom is -0.375 e. The van der Waals surface area contributed by atoms with Crippen molar-refractivity contribution in [2.24, 2.45) is 10.8 Å². The summed E-state index contributed by atoms with van der Waals surface area (Å²) in [7, 11) is 0. The van der Waals surface area contributed by atoms with E-state index < -0.39 is 4.92 Å². The van der Waals surface area contributed by atoms with Crippen LogP contribution in [0.4, 0.5) is 5.69 Å². The van der Waals surface area contributed by atoms with Crippen LogP contribution in [0.15, 0.2) is 41.8 Å². The summed E-state index contributed by atoms with van der Waals surface area (Å²) in [5, 5.41) is 14.8. The molecule has 3 N–H and O–H groups in total. The maximum Gasteiger partial charge on any atom is 0.293 e. The summed E-state index contributed by atoms with van der Waals surface area (Å²) in [6, 6.07) is 6.35. The fraction of sp³-hybridized carbons (Fsp3) is 0. The Bertz CT molecular complexity index is 681. The van der Waals surface area contributed by atoms with Crippen LogP contribution in [0.2, 0.25) is 0 Å². The third-order valence-electron chi connectivity index (χ3n) is 2.36. The molecule has 2 rings (SSSR count). The lowest BCUT2D eigenvalue weighted by atomic mass is 10.2. The lowest BCUT2D eigenvalue weighted by Crippen LogP contribution is -2.24. The van der Waals surface area contributed by atoms with E-state index in [2.05, 4.69) is 27.7 Å². The molecule has 8 nitrogen and oxygen atoms in total. The molecule has 0 bridgehead atoms. The van der Waals surface area contributed by atoms with Gasteiger partial charge in [0.2, 0.25) is 0 Å². The number of hydrazone groups is 1. The average Bonchev–Trinajstić information content (AvgIpc) is 2.86. The molecule has 0 aliphatic carbocycles. The number of benzene rings is 1. The summed E-state index contributed by atoms with van der Waals surface area (Å²) < 4.78 is 1.54. The second-order valence-corrected chi connectivity index (χ2v) is 4.08. The van der Waals surface area contributed by atoms with Crippen LogP contribution in [0.1, 0.15) is 5.82 Å². The topological polar surface area (TPSA) is 111 Å². The van der Waals surface area contributed by atoms with Gasteiger partial charge in [0.1, 0.15) is 5.69 Å². The van der Waals surface area contributed by atoms with E-state index >= 15 is 0 Å². The molecule has 2 aromatic rings. The van der Waals surface area contributed by atoms with Crippen LogP contribution in [0.3, 0.4) is 0 Å². The number of rotatable bonds is 4. The first-order chi connectivity index (χ1) is 9.59. The van der Waals surface area contributed by atoms with Gasteiger partial charge in [-0.15, -0.1) is 0 Å². The Balaban J connectivity index is 2.40. The quantitative estimate of drug-likeness (QED) is 0.375. The van der Waals surface area contributed by atoms with Crippen molar-refractivity contribution in [1.29, 1.82) is 0 Å². The predicted molar refractivity (Wildman–Crippen MR) is 77.7 cm³/mol. The highest BCUT2D eigenvalue weighted by Gasteiger charge is 2.15. The van der Waals surface area contributed by atoms with Crippen molar-refractivity contribution in [2.45, 2.75) is 0 Å². The number of nitrogens with two attached hydrogens (primary N) is 1. The van der Waals surface area contributed by atoms with Crippen molar-refractivity contribution in [3.63, 3.8) is 0 Å². The van der Waals surface area contributed by atoms with Gasteiger partial charge in [0, 0.05) is 18.5 Å². The fourth-order valence-electron chi connectivity index (χ4n) is 1.59. The maximum atomic E-state index is 11.0. The third kappa shape index (κ3) is 2.95. The third-order valence-corrected chi connectivity index (χ3v) is 2.45. The van der Waals surface area contributed by atoms with Crippen molar-refractivity contribution < 1.29 is 4.92 Å². The molecule has 1 aromatic heterocycles. The van der Waals surface area contributed by atoms with E-state index in [4.69, 9.17) is 5.73 Å². The highest BCUT2D eigenvalue weighted by molar-refractivity contribution is 7.80. The molecule has 0 radical (unpaired) electrons. The number of imidazole rings is 1. The van der Waals surface area contributed by atoms with Gasteiger partial charge in [-0.2, -0.15) is 5.10 Å². The molecule has 0 unspecified atom stereocenters. The molecule has 0 spiro atoms. The molecule has 0 saturated carbocycles. The molecule has 9 heteroatoms. The van der Waals surface area contributed by atoms with E-state index in [1.807, 2.05) is 0 Å². The number of nitrogens with one attached hydrogen (secondary N) is 1. The van der Waals surface area contributed by atoms with Crippen molar-refractivity contribution >= 4 is 29.2 Å². The monoisotopic (exact) mass is 290 g/mol. The van der Waals surface area contributed by atoms with Gasteiger partial charge >= 0.3 is 0 Å². The van der Waals surface area contributed by atoms with Crippen molar-refractivity contribution in [3.8, 4) is 5.69 Å². The number of para-hydroxylation sites is 2. The lowest BCUT2D eigenvalue weighted by molar-refractivity contribution is -0.384. The Hall–Kier alpha value is -2.81. The summed E-state index contributed by atoms with van der Waals surface area (Å²) >= 11 is 4.61. The minimum absolute atomic E-state index is 0.0186. The zero-order chi connectivity index (χ0) is 14.5.